The van der Waals surface area contributed by atoms with E-state index in [1.165, 1.54) is 193 Å². The van der Waals surface area contributed by atoms with E-state index in [2.05, 4.69) is 74.7 Å². The highest BCUT2D eigenvalue weighted by Gasteiger charge is 2.27. The van der Waals surface area contributed by atoms with Crippen LogP contribution in [0.5, 0.6) is 0 Å². The minimum absolute atomic E-state index is 0.0236. The molecule has 0 aromatic carbocycles. The van der Waals surface area contributed by atoms with Gasteiger partial charge in [-0.1, -0.05) is 262 Å². The van der Waals surface area contributed by atoms with Crippen LogP contribution in [0.1, 0.15) is 310 Å². The molecular formula is C68H127N2O7P. The van der Waals surface area contributed by atoms with E-state index < -0.39 is 20.0 Å². The number of allylic oxidation sites excluding steroid dienone is 9. The molecule has 0 saturated carbocycles. The van der Waals surface area contributed by atoms with Crippen LogP contribution in [0.25, 0.3) is 0 Å². The molecule has 0 aliphatic heterocycles. The summed E-state index contributed by atoms with van der Waals surface area (Å²) < 4.78 is 30.4. The molecule has 0 radical (unpaired) electrons. The van der Waals surface area contributed by atoms with Gasteiger partial charge < -0.3 is 28.5 Å². The van der Waals surface area contributed by atoms with Crippen LogP contribution in [0.2, 0.25) is 0 Å². The van der Waals surface area contributed by atoms with Gasteiger partial charge in [-0.3, -0.25) is 14.2 Å². The molecule has 0 saturated heterocycles. The third-order valence-corrected chi connectivity index (χ3v) is 15.6. The van der Waals surface area contributed by atoms with Gasteiger partial charge in [-0.05, 0) is 96.0 Å². The van der Waals surface area contributed by atoms with Crippen molar-refractivity contribution in [1.29, 1.82) is 0 Å². The van der Waals surface area contributed by atoms with Crippen LogP contribution in [-0.4, -0.2) is 69.4 Å². The first-order valence-corrected chi connectivity index (χ1v) is 34.6. The van der Waals surface area contributed by atoms with Crippen molar-refractivity contribution in [2.75, 3.05) is 40.9 Å². The van der Waals surface area contributed by atoms with Gasteiger partial charge in [0.1, 0.15) is 19.3 Å². The van der Waals surface area contributed by atoms with Crippen LogP contribution in [0, 0.1) is 0 Å². The number of rotatable bonds is 60. The number of carbonyl (C=O) groups excluding carboxylic acids is 2. The number of phosphoric acid groups is 1. The first kappa shape index (κ1) is 75.7. The number of nitrogens with zero attached hydrogens (tertiary/aromatic N) is 1. The Kier molecular flexibility index (Phi) is 56.2. The summed E-state index contributed by atoms with van der Waals surface area (Å²) in [4.78, 5) is 40.0. The first-order chi connectivity index (χ1) is 37.9. The number of ether oxygens (including phenoxy) is 1. The van der Waals surface area contributed by atoms with Crippen molar-refractivity contribution in [2.45, 2.75) is 322 Å². The number of likely N-dealkylation sites (N-methyl/N-ethyl adjacent to an activating group) is 1. The van der Waals surface area contributed by atoms with Gasteiger partial charge >= 0.3 is 5.97 Å². The van der Waals surface area contributed by atoms with Crippen LogP contribution < -0.4 is 10.2 Å². The Balaban J connectivity index is 5.10. The van der Waals surface area contributed by atoms with Gasteiger partial charge in [-0.15, -0.1) is 0 Å². The SMILES string of the molecule is CCCCC/C=C\C/C=C\C/C=C\CCCCCCCCCCCCCCC(=O)OC(/C=C\CCCCCCCCCCCC)C(COP(=O)([O-])OCC[N+](C)(C)C)NC(=O)CCCCCCCCC/C=C\CCCCCC. The monoisotopic (exact) mass is 1110 g/mol. The van der Waals surface area contributed by atoms with Gasteiger partial charge in [-0.25, -0.2) is 0 Å². The lowest BCUT2D eigenvalue weighted by molar-refractivity contribution is -0.870. The Labute approximate surface area is 483 Å². The smallest absolute Gasteiger partial charge is 0.306 e. The molecule has 0 heterocycles. The number of hydrogen-bond acceptors (Lipinski definition) is 7. The number of amides is 1. The average molecular weight is 1120 g/mol. The molecule has 78 heavy (non-hydrogen) atoms. The summed E-state index contributed by atoms with van der Waals surface area (Å²) in [5.74, 6) is -0.540. The number of phosphoric ester groups is 1. The van der Waals surface area contributed by atoms with Crippen LogP contribution in [0.15, 0.2) is 60.8 Å². The molecular weight excluding hydrogens is 988 g/mol. The zero-order chi connectivity index (χ0) is 57.2. The van der Waals surface area contributed by atoms with Crippen LogP contribution in [0.4, 0.5) is 0 Å². The van der Waals surface area contributed by atoms with Gasteiger partial charge in [-0.2, -0.15) is 0 Å². The van der Waals surface area contributed by atoms with Crippen molar-refractivity contribution in [2.24, 2.45) is 0 Å². The molecule has 9 nitrogen and oxygen atoms in total. The summed E-state index contributed by atoms with van der Waals surface area (Å²) in [7, 11) is 1.19. The molecule has 0 fully saturated rings. The number of hydrogen-bond donors (Lipinski definition) is 1. The third kappa shape index (κ3) is 58.4. The molecule has 0 aromatic rings. The molecule has 3 atom stereocenters. The largest absolute Gasteiger partial charge is 0.756 e. The van der Waals surface area contributed by atoms with Gasteiger partial charge in [0.15, 0.2) is 0 Å². The Morgan fingerprint density at radius 1 is 0.449 bits per heavy atom. The van der Waals surface area contributed by atoms with Crippen molar-refractivity contribution in [3.63, 3.8) is 0 Å². The second-order valence-corrected chi connectivity index (χ2v) is 25.0. The fraction of sp³-hybridized carbons (Fsp3) is 0.824. The maximum atomic E-state index is 13.5. The summed E-state index contributed by atoms with van der Waals surface area (Å²) in [6.07, 6.45) is 73.3. The van der Waals surface area contributed by atoms with Crippen LogP contribution in [0.3, 0.4) is 0 Å². The van der Waals surface area contributed by atoms with Gasteiger partial charge in [0.05, 0.1) is 33.8 Å². The number of carbonyl (C=O) groups is 2. The molecule has 0 rings (SSSR count). The Morgan fingerprint density at radius 2 is 0.782 bits per heavy atom. The lowest BCUT2D eigenvalue weighted by Crippen LogP contribution is -2.47. The van der Waals surface area contributed by atoms with Crippen molar-refractivity contribution in [3.05, 3.63) is 60.8 Å². The normalized spacial score (nSPS) is 14.0. The zero-order valence-electron chi connectivity index (χ0n) is 52.1. The minimum Gasteiger partial charge on any atom is -0.756 e. The third-order valence-electron chi connectivity index (χ3n) is 14.7. The summed E-state index contributed by atoms with van der Waals surface area (Å²) in [6.45, 7) is 6.82. The second-order valence-electron chi connectivity index (χ2n) is 23.6. The summed E-state index contributed by atoms with van der Waals surface area (Å²) in [5, 5.41) is 3.03. The predicted molar refractivity (Wildman–Crippen MR) is 335 cm³/mol. The highest BCUT2D eigenvalue weighted by molar-refractivity contribution is 7.45. The summed E-state index contributed by atoms with van der Waals surface area (Å²) in [5.41, 5.74) is 0. The van der Waals surface area contributed by atoms with E-state index in [4.69, 9.17) is 13.8 Å². The van der Waals surface area contributed by atoms with Crippen molar-refractivity contribution in [1.82, 2.24) is 5.32 Å². The molecule has 10 heteroatoms. The number of nitrogens with one attached hydrogen (secondary N) is 1. The van der Waals surface area contributed by atoms with Crippen molar-refractivity contribution >= 4 is 19.7 Å². The van der Waals surface area contributed by atoms with Crippen molar-refractivity contribution < 1.29 is 37.3 Å². The van der Waals surface area contributed by atoms with E-state index in [0.717, 1.165) is 83.5 Å². The van der Waals surface area contributed by atoms with E-state index in [9.17, 15) is 19.0 Å². The van der Waals surface area contributed by atoms with E-state index in [1.807, 2.05) is 33.3 Å². The van der Waals surface area contributed by atoms with E-state index in [0.29, 0.717) is 17.4 Å². The molecule has 1 N–H and O–H groups in total. The number of unbranched alkanes of at least 4 members (excludes halogenated alkanes) is 36. The lowest BCUT2D eigenvalue weighted by Gasteiger charge is -2.30. The standard InChI is InChI=1S/C68H127N2O7P/c1-7-10-13-16-19-22-25-28-30-31-32-33-34-35-36-37-38-39-41-43-46-49-52-55-58-61-68(72)77-66(59-56-53-50-47-44-27-24-21-18-15-12-9-3)65(64-76-78(73,74)75-63-62-70(4,5)6)69-67(71)60-57-54-51-48-45-42-40-29-26-23-20-17-14-11-8-2/h19,22-23,26,28,30,32-33,56,59,65-66H,7-18,20-21,24-25,27,29,31,34-55,57-58,60-64H2,1-6H3,(H-,69,71,73,74)/b22-19-,26-23-,30-28-,33-32-,59-56-. The maximum Gasteiger partial charge on any atom is 0.306 e. The molecule has 0 bridgehead atoms. The number of quaternary nitrogens is 1. The fourth-order valence-corrected chi connectivity index (χ4v) is 10.2. The first-order valence-electron chi connectivity index (χ1n) is 33.1. The van der Waals surface area contributed by atoms with Crippen molar-refractivity contribution in [3.8, 4) is 0 Å². The van der Waals surface area contributed by atoms with Crippen LogP contribution in [-0.2, 0) is 27.9 Å². The van der Waals surface area contributed by atoms with E-state index in [1.54, 1.807) is 0 Å². The fourth-order valence-electron chi connectivity index (χ4n) is 9.52. The maximum absolute atomic E-state index is 13.5. The highest BCUT2D eigenvalue weighted by atomic mass is 31.2. The molecule has 0 aliphatic carbocycles. The van der Waals surface area contributed by atoms with E-state index >= 15 is 0 Å². The lowest BCUT2D eigenvalue weighted by atomic mass is 10.0. The summed E-state index contributed by atoms with van der Waals surface area (Å²) >= 11 is 0. The molecule has 0 aromatic heterocycles. The topological polar surface area (TPSA) is 114 Å². The summed E-state index contributed by atoms with van der Waals surface area (Å²) in [6, 6.07) is -0.891. The Bertz CT molecular complexity index is 1520. The van der Waals surface area contributed by atoms with Gasteiger partial charge in [0.2, 0.25) is 5.91 Å². The molecule has 0 spiro atoms. The molecule has 456 valence electrons. The molecule has 0 aliphatic rings. The second kappa shape index (κ2) is 57.9. The Morgan fingerprint density at radius 3 is 1.22 bits per heavy atom. The average Bonchev–Trinajstić information content (AvgIpc) is 3.40. The van der Waals surface area contributed by atoms with E-state index in [-0.39, 0.29) is 31.5 Å². The highest BCUT2D eigenvalue weighted by Crippen LogP contribution is 2.38. The van der Waals surface area contributed by atoms with Gasteiger partial charge in [0, 0.05) is 12.8 Å². The molecule has 3 unspecified atom stereocenters. The quantitative estimate of drug-likeness (QED) is 0.0212. The Hall–Kier alpha value is -2.29. The van der Waals surface area contributed by atoms with Gasteiger partial charge in [0.25, 0.3) is 7.82 Å². The zero-order valence-corrected chi connectivity index (χ0v) is 53.0. The molecule has 1 amide bonds. The van der Waals surface area contributed by atoms with Crippen LogP contribution >= 0.6 is 7.82 Å². The number of esters is 1. The predicted octanol–water partition coefficient (Wildman–Crippen LogP) is 20.0. The minimum atomic E-state index is -4.70.